The van der Waals surface area contributed by atoms with E-state index in [1.165, 1.54) is 18.1 Å². The summed E-state index contributed by atoms with van der Waals surface area (Å²) in [5.74, 6) is 0.339. The second-order valence-electron chi connectivity index (χ2n) is 11.1. The van der Waals surface area contributed by atoms with Gasteiger partial charge in [0.15, 0.2) is 0 Å². The van der Waals surface area contributed by atoms with Gasteiger partial charge in [0.25, 0.3) is 5.91 Å². The van der Waals surface area contributed by atoms with E-state index in [2.05, 4.69) is 35.4 Å². The molecule has 2 aromatic carbocycles. The lowest BCUT2D eigenvalue weighted by Gasteiger charge is -2.36. The normalized spacial score (nSPS) is 18.4. The van der Waals surface area contributed by atoms with Crippen LogP contribution in [-0.2, 0) is 9.59 Å². The highest BCUT2D eigenvalue weighted by atomic mass is 16.2. The van der Waals surface area contributed by atoms with Crippen molar-refractivity contribution < 1.29 is 14.4 Å². The van der Waals surface area contributed by atoms with Crippen LogP contribution in [0.5, 0.6) is 0 Å². The summed E-state index contributed by atoms with van der Waals surface area (Å²) in [5.41, 5.74) is 7.96. The Hall–Kier alpha value is -4.06. The Morgan fingerprint density at radius 1 is 0.976 bits per heavy atom. The molecule has 0 radical (unpaired) electrons. The lowest BCUT2D eigenvalue weighted by Crippen LogP contribution is -2.28. The molecule has 0 spiro atoms. The summed E-state index contributed by atoms with van der Waals surface area (Å²) in [6, 6.07) is 17.8. The summed E-state index contributed by atoms with van der Waals surface area (Å²) < 4.78 is 0. The van der Waals surface area contributed by atoms with Crippen molar-refractivity contribution in [3.8, 4) is 11.1 Å². The number of nitrogens with one attached hydrogen (secondary N) is 1. The Morgan fingerprint density at radius 3 is 2.24 bits per heavy atom. The molecule has 1 N–H and O–H groups in total. The Balaban J connectivity index is 0.00000237. The number of amides is 2. The minimum absolute atomic E-state index is 0.000898. The molecule has 0 saturated heterocycles. The molecule has 6 heteroatoms. The zero-order valence-electron chi connectivity index (χ0n) is 26.1. The second-order valence-corrected chi connectivity index (χ2v) is 11.1. The zero-order valence-corrected chi connectivity index (χ0v) is 26.1. The van der Waals surface area contributed by atoms with Gasteiger partial charge in [0.05, 0.1) is 0 Å². The van der Waals surface area contributed by atoms with Crippen molar-refractivity contribution in [3.05, 3.63) is 88.8 Å². The van der Waals surface area contributed by atoms with E-state index in [1.807, 2.05) is 69.4 Å². The maximum absolute atomic E-state index is 12.4. The molecule has 3 aromatic rings. The first-order valence-corrected chi connectivity index (χ1v) is 15.0. The van der Waals surface area contributed by atoms with E-state index in [4.69, 9.17) is 0 Å². The van der Waals surface area contributed by atoms with E-state index >= 15 is 0 Å². The molecule has 1 saturated carbocycles. The molecule has 222 valence electrons. The predicted octanol–water partition coefficient (Wildman–Crippen LogP) is 7.94. The summed E-state index contributed by atoms with van der Waals surface area (Å²) in [6.45, 7) is 9.66. The van der Waals surface area contributed by atoms with Gasteiger partial charge in [0, 0.05) is 55.6 Å². The van der Waals surface area contributed by atoms with Gasteiger partial charge in [-0.3, -0.25) is 14.6 Å². The molecule has 4 rings (SSSR count). The van der Waals surface area contributed by atoms with Gasteiger partial charge >= 0.3 is 0 Å². The minimum atomic E-state index is -0.0978. The van der Waals surface area contributed by atoms with Crippen LogP contribution in [0.1, 0.15) is 86.5 Å². The molecule has 6 nitrogen and oxygen atoms in total. The molecular formula is C36H45N3O3. The summed E-state index contributed by atoms with van der Waals surface area (Å²) >= 11 is 0. The van der Waals surface area contributed by atoms with E-state index in [1.54, 1.807) is 19.0 Å². The van der Waals surface area contributed by atoms with Gasteiger partial charge in [-0.2, -0.15) is 0 Å². The van der Waals surface area contributed by atoms with E-state index in [0.29, 0.717) is 5.56 Å². The first-order valence-electron chi connectivity index (χ1n) is 15.0. The number of hydrogen-bond acceptors (Lipinski definition) is 4. The molecule has 42 heavy (non-hydrogen) atoms. The lowest BCUT2D eigenvalue weighted by atomic mass is 9.67. The van der Waals surface area contributed by atoms with Crippen LogP contribution < -0.4 is 5.32 Å². The average molecular weight is 568 g/mol. The third-order valence-electron chi connectivity index (χ3n) is 7.94. The molecule has 3 unspecified atom stereocenters. The molecule has 3 atom stereocenters. The maximum atomic E-state index is 12.4. The molecule has 1 aliphatic carbocycles. The Labute approximate surface area is 251 Å². The Morgan fingerprint density at radius 2 is 1.64 bits per heavy atom. The van der Waals surface area contributed by atoms with Crippen molar-refractivity contribution in [2.24, 2.45) is 11.8 Å². The number of aldehydes is 1. The van der Waals surface area contributed by atoms with Gasteiger partial charge in [-0.25, -0.2) is 0 Å². The van der Waals surface area contributed by atoms with Crippen molar-refractivity contribution in [1.82, 2.24) is 9.88 Å². The molecule has 1 aromatic heterocycles. The van der Waals surface area contributed by atoms with Gasteiger partial charge in [0.2, 0.25) is 5.91 Å². The van der Waals surface area contributed by atoms with Gasteiger partial charge < -0.3 is 15.0 Å². The molecule has 0 bridgehead atoms. The second kappa shape index (κ2) is 15.2. The maximum Gasteiger partial charge on any atom is 0.253 e. The number of benzene rings is 2. The monoisotopic (exact) mass is 567 g/mol. The number of carbonyl (C=O) groups excluding carboxylic acids is 3. The molecular weight excluding hydrogens is 522 g/mol. The van der Waals surface area contributed by atoms with Crippen molar-refractivity contribution in [2.75, 3.05) is 19.4 Å². The van der Waals surface area contributed by atoms with Gasteiger partial charge in [0.1, 0.15) is 6.29 Å². The summed E-state index contributed by atoms with van der Waals surface area (Å²) in [6.07, 6.45) is 8.95. The first-order chi connectivity index (χ1) is 20.2. The standard InChI is InChI=1S/C34H39N3O3.C2H6/c1-22(19-32-23(2)35-18-17-31(32)26-13-15-29(16-14-26)36-24(3)39)20-33-28(21-38)7-6-8-30(33)25-9-11-27(12-10-25)34(40)37(4)5;1-2/h9-19,21,28,30,33H,6-8,20H2,1-5H3,(H,36,39);1-2H3/b22-19+;. The summed E-state index contributed by atoms with van der Waals surface area (Å²) in [7, 11) is 3.51. The quantitative estimate of drug-likeness (QED) is 0.280. The van der Waals surface area contributed by atoms with Crippen LogP contribution in [0.3, 0.4) is 0 Å². The van der Waals surface area contributed by atoms with Gasteiger partial charge in [-0.05, 0) is 92.0 Å². The highest BCUT2D eigenvalue weighted by Gasteiger charge is 2.34. The minimum Gasteiger partial charge on any atom is -0.345 e. The molecule has 0 aliphatic heterocycles. The van der Waals surface area contributed by atoms with E-state index in [-0.39, 0.29) is 29.6 Å². The molecule has 1 fully saturated rings. The van der Waals surface area contributed by atoms with E-state index in [9.17, 15) is 14.4 Å². The lowest BCUT2D eigenvalue weighted by molar-refractivity contribution is -0.114. The van der Waals surface area contributed by atoms with E-state index in [0.717, 1.165) is 60.0 Å². The SMILES string of the molecule is CC.CC(=O)Nc1ccc(-c2ccnc(C)c2/C=C(\C)CC2C(C=O)CCCC2c2ccc(C(=O)N(C)C)cc2)cc1. The van der Waals surface area contributed by atoms with Gasteiger partial charge in [-0.1, -0.05) is 56.2 Å². The fourth-order valence-corrected chi connectivity index (χ4v) is 5.93. The van der Waals surface area contributed by atoms with Crippen molar-refractivity contribution >= 4 is 29.9 Å². The first kappa shape index (κ1) is 32.5. The van der Waals surface area contributed by atoms with Crippen molar-refractivity contribution in [1.29, 1.82) is 0 Å². The average Bonchev–Trinajstić information content (AvgIpc) is 2.99. The van der Waals surface area contributed by atoms with Crippen molar-refractivity contribution in [3.63, 3.8) is 0 Å². The smallest absolute Gasteiger partial charge is 0.253 e. The summed E-state index contributed by atoms with van der Waals surface area (Å²) in [5, 5.41) is 2.82. The number of nitrogens with zero attached hydrogens (tertiary/aromatic N) is 2. The predicted molar refractivity (Wildman–Crippen MR) is 172 cm³/mol. The van der Waals surface area contributed by atoms with Crippen LogP contribution >= 0.6 is 0 Å². The number of carbonyl (C=O) groups is 3. The van der Waals surface area contributed by atoms with Crippen molar-refractivity contribution in [2.45, 2.75) is 66.2 Å². The molecule has 1 heterocycles. The van der Waals surface area contributed by atoms with Crippen LogP contribution in [0.25, 0.3) is 17.2 Å². The van der Waals surface area contributed by atoms with Crippen LogP contribution in [0.4, 0.5) is 5.69 Å². The van der Waals surface area contributed by atoms with Crippen LogP contribution in [0, 0.1) is 18.8 Å². The number of allylic oxidation sites excluding steroid dienone is 1. The largest absolute Gasteiger partial charge is 0.345 e. The molecule has 1 aliphatic rings. The Bertz CT molecular complexity index is 1390. The number of aryl methyl sites for hydroxylation is 1. The number of pyridine rings is 1. The number of rotatable bonds is 8. The third kappa shape index (κ3) is 8.03. The number of anilines is 1. The fourth-order valence-electron chi connectivity index (χ4n) is 5.93. The van der Waals surface area contributed by atoms with Crippen LogP contribution in [-0.4, -0.2) is 42.1 Å². The van der Waals surface area contributed by atoms with Crippen LogP contribution in [0.2, 0.25) is 0 Å². The highest BCUT2D eigenvalue weighted by molar-refractivity contribution is 5.94. The fraction of sp³-hybridized carbons (Fsp3) is 0.389. The topological polar surface area (TPSA) is 79.4 Å². The van der Waals surface area contributed by atoms with Crippen LogP contribution in [0.15, 0.2) is 66.4 Å². The number of aromatic nitrogens is 1. The van der Waals surface area contributed by atoms with Gasteiger partial charge in [-0.15, -0.1) is 0 Å². The van der Waals surface area contributed by atoms with E-state index < -0.39 is 0 Å². The Kier molecular flexibility index (Phi) is 11.8. The molecule has 2 amide bonds. The summed E-state index contributed by atoms with van der Waals surface area (Å²) in [4.78, 5) is 42.1. The zero-order chi connectivity index (χ0) is 30.8. The highest BCUT2D eigenvalue weighted by Crippen LogP contribution is 2.44. The number of hydrogen-bond donors (Lipinski definition) is 1. The third-order valence-corrected chi connectivity index (χ3v) is 7.94.